The molecule has 10 nitrogen and oxygen atoms in total. The van der Waals surface area contributed by atoms with Crippen LogP contribution in [0.15, 0.2) is 92.4 Å². The molecule has 0 bridgehead atoms. The van der Waals surface area contributed by atoms with Crippen molar-refractivity contribution in [1.29, 1.82) is 0 Å². The molecule has 0 fully saturated rings. The van der Waals surface area contributed by atoms with Crippen LogP contribution in [0.3, 0.4) is 0 Å². The molecule has 2 aromatic carbocycles. The molecule has 0 aliphatic carbocycles. The van der Waals surface area contributed by atoms with Gasteiger partial charge in [0.1, 0.15) is 30.5 Å². The van der Waals surface area contributed by atoms with Gasteiger partial charge in [0.2, 0.25) is 5.88 Å². The number of hydrogen-bond acceptors (Lipinski definition) is 9. The summed E-state index contributed by atoms with van der Waals surface area (Å²) in [5, 5.41) is 12.2. The van der Waals surface area contributed by atoms with E-state index >= 15 is 0 Å². The number of pyridine rings is 1. The van der Waals surface area contributed by atoms with E-state index in [1.807, 2.05) is 55.5 Å². The van der Waals surface area contributed by atoms with Crippen molar-refractivity contribution in [2.75, 3.05) is 5.32 Å². The van der Waals surface area contributed by atoms with Crippen LogP contribution in [0, 0.1) is 6.92 Å². The van der Waals surface area contributed by atoms with E-state index in [-0.39, 0.29) is 12.2 Å². The van der Waals surface area contributed by atoms with E-state index in [1.165, 1.54) is 12.4 Å². The van der Waals surface area contributed by atoms with Gasteiger partial charge in [-0.25, -0.2) is 15.0 Å². The first-order chi connectivity index (χ1) is 19.1. The summed E-state index contributed by atoms with van der Waals surface area (Å²) in [6.07, 6.45) is 8.04. The second-order valence-electron chi connectivity index (χ2n) is 8.87. The molecule has 0 aliphatic rings. The normalized spacial score (nSPS) is 11.0. The van der Waals surface area contributed by atoms with Gasteiger partial charge in [-0.15, -0.1) is 10.2 Å². The average molecular weight is 515 g/mol. The van der Waals surface area contributed by atoms with Crippen LogP contribution < -0.4 is 10.1 Å². The molecule has 6 aromatic rings. The van der Waals surface area contributed by atoms with Crippen molar-refractivity contribution in [3.8, 4) is 22.8 Å². The van der Waals surface area contributed by atoms with Gasteiger partial charge in [0.05, 0.1) is 11.9 Å². The Bertz CT molecular complexity index is 1850. The zero-order valence-electron chi connectivity index (χ0n) is 20.9. The third-order valence-electron chi connectivity index (χ3n) is 6.19. The van der Waals surface area contributed by atoms with Crippen LogP contribution >= 0.6 is 0 Å². The number of hydrogen-bond donors (Lipinski definition) is 1. The number of allylic oxidation sites excluding steroid dienone is 1. The van der Waals surface area contributed by atoms with Gasteiger partial charge in [0.25, 0.3) is 0 Å². The van der Waals surface area contributed by atoms with E-state index < -0.39 is 0 Å². The number of aryl methyl sites for hydroxylation is 1. The van der Waals surface area contributed by atoms with Crippen LogP contribution in [0.25, 0.3) is 27.7 Å². The highest BCUT2D eigenvalue weighted by atomic mass is 16.5. The lowest BCUT2D eigenvalue weighted by molar-refractivity contribution is -0.114. The highest BCUT2D eigenvalue weighted by Crippen LogP contribution is 2.31. The standard InChI is InChI=1S/C29H22N8O2/c1-3-23(38)12-21-6-4-20(14-30-21)19-5-8-25-24(11-19)29(32-15-31-25)35-22-7-9-26(18(2)10-22)39-28-13-27-36-34-17-37(27)16-33-28/h3-11,13-17H,1,12H2,2H3,(H,31,32,35). The first-order valence-electron chi connectivity index (χ1n) is 12.1. The molecule has 0 spiro atoms. The highest BCUT2D eigenvalue weighted by Gasteiger charge is 2.10. The number of benzene rings is 2. The predicted molar refractivity (Wildman–Crippen MR) is 147 cm³/mol. The maximum Gasteiger partial charge on any atom is 0.224 e. The fourth-order valence-corrected chi connectivity index (χ4v) is 4.14. The van der Waals surface area contributed by atoms with Crippen LogP contribution in [0.4, 0.5) is 11.5 Å². The molecule has 0 radical (unpaired) electrons. The maximum absolute atomic E-state index is 11.6. The third kappa shape index (κ3) is 5.03. The highest BCUT2D eigenvalue weighted by molar-refractivity contribution is 5.94. The van der Waals surface area contributed by atoms with Gasteiger partial charge in [-0.2, -0.15) is 0 Å². The average Bonchev–Trinajstić information content (AvgIpc) is 3.43. The van der Waals surface area contributed by atoms with Crippen LogP contribution in [-0.4, -0.2) is 40.3 Å². The molecular weight excluding hydrogens is 492 g/mol. The largest absolute Gasteiger partial charge is 0.439 e. The molecule has 0 saturated carbocycles. The van der Waals surface area contributed by atoms with Crippen LogP contribution in [0.5, 0.6) is 11.6 Å². The van der Waals surface area contributed by atoms with Crippen molar-refractivity contribution < 1.29 is 9.53 Å². The lowest BCUT2D eigenvalue weighted by Crippen LogP contribution is -2.00. The molecule has 0 saturated heterocycles. The van der Waals surface area contributed by atoms with E-state index in [2.05, 4.69) is 42.0 Å². The van der Waals surface area contributed by atoms with Gasteiger partial charge in [0.15, 0.2) is 11.4 Å². The molecule has 4 aromatic heterocycles. The number of aromatic nitrogens is 7. The van der Waals surface area contributed by atoms with Gasteiger partial charge < -0.3 is 10.1 Å². The minimum atomic E-state index is -0.0614. The predicted octanol–water partition coefficient (Wildman–Crippen LogP) is 5.27. The molecule has 0 atom stereocenters. The van der Waals surface area contributed by atoms with Crippen molar-refractivity contribution in [3.05, 3.63) is 104 Å². The van der Waals surface area contributed by atoms with Crippen LogP contribution in [-0.2, 0) is 11.2 Å². The van der Waals surface area contributed by atoms with Crippen molar-refractivity contribution in [2.45, 2.75) is 13.3 Å². The monoisotopic (exact) mass is 514 g/mol. The topological polar surface area (TPSA) is 120 Å². The van der Waals surface area contributed by atoms with Crippen molar-refractivity contribution in [3.63, 3.8) is 0 Å². The summed E-state index contributed by atoms with van der Waals surface area (Å²) >= 11 is 0. The molecule has 0 aliphatic heterocycles. The SMILES string of the molecule is C=CC(=O)Cc1ccc(-c2ccc3ncnc(Nc4ccc(Oc5cc6nncn6cn5)c(C)c4)c3c2)cn1. The van der Waals surface area contributed by atoms with Gasteiger partial charge in [-0.3, -0.25) is 14.2 Å². The Hall–Kier alpha value is -5.51. The molecule has 190 valence electrons. The molecule has 0 amide bonds. The van der Waals surface area contributed by atoms with Crippen molar-refractivity contribution in [2.24, 2.45) is 0 Å². The second kappa shape index (κ2) is 10.1. The summed E-state index contributed by atoms with van der Waals surface area (Å²) in [5.41, 5.74) is 5.83. The minimum absolute atomic E-state index is 0.0614. The second-order valence-corrected chi connectivity index (χ2v) is 8.87. The Morgan fingerprint density at radius 2 is 1.90 bits per heavy atom. The number of ether oxygens (including phenoxy) is 1. The first kappa shape index (κ1) is 23.9. The molecule has 39 heavy (non-hydrogen) atoms. The summed E-state index contributed by atoms with van der Waals surface area (Å²) in [6, 6.07) is 17.3. The molecule has 10 heteroatoms. The number of ketones is 1. The van der Waals surface area contributed by atoms with Crippen LogP contribution in [0.2, 0.25) is 0 Å². The Morgan fingerprint density at radius 1 is 1.00 bits per heavy atom. The number of nitrogens with zero attached hydrogens (tertiary/aromatic N) is 7. The summed E-state index contributed by atoms with van der Waals surface area (Å²) in [6.45, 7) is 5.48. The van der Waals surface area contributed by atoms with Gasteiger partial charge in [-0.05, 0) is 60.5 Å². The van der Waals surface area contributed by atoms with Gasteiger partial charge >= 0.3 is 0 Å². The van der Waals surface area contributed by atoms with Gasteiger partial charge in [-0.1, -0.05) is 18.7 Å². The van der Waals surface area contributed by atoms with Crippen molar-refractivity contribution in [1.82, 2.24) is 34.5 Å². The van der Waals surface area contributed by atoms with Crippen molar-refractivity contribution >= 4 is 33.8 Å². The Morgan fingerprint density at radius 3 is 2.72 bits per heavy atom. The van der Waals surface area contributed by atoms with E-state index in [0.717, 1.165) is 33.3 Å². The smallest absolute Gasteiger partial charge is 0.224 e. The number of nitrogens with one attached hydrogen (secondary N) is 1. The lowest BCUT2D eigenvalue weighted by Gasteiger charge is -2.13. The number of rotatable bonds is 8. The summed E-state index contributed by atoms with van der Waals surface area (Å²) in [4.78, 5) is 29.3. The molecule has 0 unspecified atom stereocenters. The zero-order valence-corrected chi connectivity index (χ0v) is 20.9. The zero-order chi connectivity index (χ0) is 26.8. The fraction of sp³-hybridized carbons (Fsp3) is 0.0690. The minimum Gasteiger partial charge on any atom is -0.439 e. The summed E-state index contributed by atoms with van der Waals surface area (Å²) in [7, 11) is 0. The quantitative estimate of drug-likeness (QED) is 0.271. The van der Waals surface area contributed by atoms with E-state index in [9.17, 15) is 4.79 Å². The van der Waals surface area contributed by atoms with Gasteiger partial charge in [0, 0.05) is 34.6 Å². The summed E-state index contributed by atoms with van der Waals surface area (Å²) in [5.74, 6) is 1.73. The number of fused-ring (bicyclic) bond motifs is 2. The van der Waals surface area contributed by atoms with E-state index in [1.54, 1.807) is 29.3 Å². The van der Waals surface area contributed by atoms with E-state index in [0.29, 0.717) is 28.8 Å². The van der Waals surface area contributed by atoms with E-state index in [4.69, 9.17) is 4.74 Å². The molecular formula is C29H22N8O2. The Labute approximate surface area is 223 Å². The number of carbonyl (C=O) groups excluding carboxylic acids is 1. The third-order valence-corrected chi connectivity index (χ3v) is 6.19. The number of carbonyl (C=O) groups is 1. The molecule has 1 N–H and O–H groups in total. The first-order valence-corrected chi connectivity index (χ1v) is 12.1. The molecule has 6 rings (SSSR count). The Balaban J connectivity index is 1.24. The maximum atomic E-state index is 11.6. The number of anilines is 2. The fourth-order valence-electron chi connectivity index (χ4n) is 4.14. The summed E-state index contributed by atoms with van der Waals surface area (Å²) < 4.78 is 7.70. The Kier molecular flexibility index (Phi) is 6.18. The lowest BCUT2D eigenvalue weighted by atomic mass is 10.0. The van der Waals surface area contributed by atoms with Crippen LogP contribution in [0.1, 0.15) is 11.3 Å². The molecule has 4 heterocycles.